The van der Waals surface area contributed by atoms with Crippen LogP contribution in [0.2, 0.25) is 0 Å². The standard InChI is InChI=1S/C12H25N3S/c1-10(2)9-16-8-4-7-14-12(13-3)15-11-5-6-11/h10-11H,4-9H2,1-3H3,(H2,13,14,15). The highest BCUT2D eigenvalue weighted by Crippen LogP contribution is 2.18. The third kappa shape index (κ3) is 6.99. The van der Waals surface area contributed by atoms with Gasteiger partial charge in [-0.05, 0) is 36.7 Å². The molecule has 0 saturated heterocycles. The second-order valence-electron chi connectivity index (χ2n) is 4.74. The van der Waals surface area contributed by atoms with E-state index >= 15 is 0 Å². The number of hydrogen-bond donors (Lipinski definition) is 2. The molecular weight excluding hydrogens is 218 g/mol. The lowest BCUT2D eigenvalue weighted by atomic mass is 10.3. The monoisotopic (exact) mass is 243 g/mol. The Morgan fingerprint density at radius 2 is 2.19 bits per heavy atom. The Morgan fingerprint density at radius 3 is 2.75 bits per heavy atom. The van der Waals surface area contributed by atoms with E-state index in [0.29, 0.717) is 6.04 Å². The van der Waals surface area contributed by atoms with Gasteiger partial charge in [0.2, 0.25) is 0 Å². The highest BCUT2D eigenvalue weighted by Gasteiger charge is 2.21. The average Bonchev–Trinajstić information content (AvgIpc) is 3.04. The van der Waals surface area contributed by atoms with E-state index in [4.69, 9.17) is 0 Å². The maximum Gasteiger partial charge on any atom is 0.191 e. The van der Waals surface area contributed by atoms with Crippen LogP contribution in [-0.4, -0.2) is 37.1 Å². The molecule has 0 bridgehead atoms. The van der Waals surface area contributed by atoms with Crippen LogP contribution < -0.4 is 10.6 Å². The van der Waals surface area contributed by atoms with Crippen LogP contribution in [0, 0.1) is 5.92 Å². The fourth-order valence-electron chi connectivity index (χ4n) is 1.32. The first-order valence-corrected chi connectivity index (χ1v) is 7.42. The van der Waals surface area contributed by atoms with Crippen molar-refractivity contribution in [2.75, 3.05) is 25.1 Å². The minimum atomic E-state index is 0.682. The van der Waals surface area contributed by atoms with Crippen LogP contribution in [0.1, 0.15) is 33.1 Å². The Labute approximate surface area is 104 Å². The predicted molar refractivity (Wildman–Crippen MR) is 74.3 cm³/mol. The Hall–Kier alpha value is -0.380. The molecule has 1 aliphatic rings. The maximum atomic E-state index is 4.20. The Morgan fingerprint density at radius 1 is 1.44 bits per heavy atom. The summed E-state index contributed by atoms with van der Waals surface area (Å²) in [5, 5.41) is 6.74. The second kappa shape index (κ2) is 7.82. The number of hydrogen-bond acceptors (Lipinski definition) is 2. The van der Waals surface area contributed by atoms with Crippen molar-refractivity contribution in [1.29, 1.82) is 0 Å². The van der Waals surface area contributed by atoms with Crippen molar-refractivity contribution in [2.24, 2.45) is 10.9 Å². The van der Waals surface area contributed by atoms with E-state index in [0.717, 1.165) is 18.4 Å². The highest BCUT2D eigenvalue weighted by atomic mass is 32.2. The summed E-state index contributed by atoms with van der Waals surface area (Å²) in [5.41, 5.74) is 0. The molecule has 1 saturated carbocycles. The van der Waals surface area contributed by atoms with E-state index < -0.39 is 0 Å². The number of guanidine groups is 1. The van der Waals surface area contributed by atoms with Crippen molar-refractivity contribution in [3.63, 3.8) is 0 Å². The zero-order valence-electron chi connectivity index (χ0n) is 10.8. The van der Waals surface area contributed by atoms with Crippen LogP contribution in [0.4, 0.5) is 0 Å². The summed E-state index contributed by atoms with van der Waals surface area (Å²) in [5.74, 6) is 4.29. The molecule has 4 heteroatoms. The van der Waals surface area contributed by atoms with E-state index in [1.807, 2.05) is 18.8 Å². The van der Waals surface area contributed by atoms with Gasteiger partial charge in [-0.15, -0.1) is 0 Å². The van der Waals surface area contributed by atoms with E-state index in [-0.39, 0.29) is 0 Å². The Bertz CT molecular complexity index is 212. The zero-order valence-corrected chi connectivity index (χ0v) is 11.6. The topological polar surface area (TPSA) is 36.4 Å². The molecule has 0 radical (unpaired) electrons. The SMILES string of the molecule is CN=C(NCCCSCC(C)C)NC1CC1. The summed E-state index contributed by atoms with van der Waals surface area (Å²) < 4.78 is 0. The molecule has 2 N–H and O–H groups in total. The molecule has 0 aromatic carbocycles. The van der Waals surface area contributed by atoms with E-state index in [1.54, 1.807) is 0 Å². The fourth-order valence-corrected chi connectivity index (χ4v) is 2.30. The van der Waals surface area contributed by atoms with Gasteiger partial charge in [0.15, 0.2) is 5.96 Å². The van der Waals surface area contributed by atoms with Crippen LogP contribution in [0.25, 0.3) is 0 Å². The van der Waals surface area contributed by atoms with Crippen LogP contribution in [0.3, 0.4) is 0 Å². The second-order valence-corrected chi connectivity index (χ2v) is 5.89. The molecule has 0 aromatic heterocycles. The average molecular weight is 243 g/mol. The molecule has 0 spiro atoms. The molecule has 3 nitrogen and oxygen atoms in total. The lowest BCUT2D eigenvalue weighted by Crippen LogP contribution is -2.39. The van der Waals surface area contributed by atoms with Crippen molar-refractivity contribution in [1.82, 2.24) is 10.6 Å². The minimum absolute atomic E-state index is 0.682. The van der Waals surface area contributed by atoms with Gasteiger partial charge in [-0.3, -0.25) is 4.99 Å². The summed E-state index contributed by atoms with van der Waals surface area (Å²) in [6.07, 6.45) is 3.80. The minimum Gasteiger partial charge on any atom is -0.356 e. The first-order valence-electron chi connectivity index (χ1n) is 6.27. The summed E-state index contributed by atoms with van der Waals surface area (Å²) >= 11 is 2.05. The molecular formula is C12H25N3S. The van der Waals surface area contributed by atoms with E-state index in [1.165, 1.54) is 30.8 Å². The van der Waals surface area contributed by atoms with Gasteiger partial charge in [0, 0.05) is 19.6 Å². The number of nitrogens with zero attached hydrogens (tertiary/aromatic N) is 1. The first kappa shape index (κ1) is 13.7. The Balaban J connectivity index is 1.92. The van der Waals surface area contributed by atoms with Gasteiger partial charge < -0.3 is 10.6 Å². The molecule has 0 aliphatic heterocycles. The van der Waals surface area contributed by atoms with Crippen LogP contribution in [-0.2, 0) is 0 Å². The molecule has 94 valence electrons. The van der Waals surface area contributed by atoms with Gasteiger partial charge in [0.05, 0.1) is 0 Å². The van der Waals surface area contributed by atoms with E-state index in [9.17, 15) is 0 Å². The van der Waals surface area contributed by atoms with Crippen molar-refractivity contribution in [3.05, 3.63) is 0 Å². The molecule has 0 heterocycles. The van der Waals surface area contributed by atoms with Crippen LogP contribution in [0.5, 0.6) is 0 Å². The fraction of sp³-hybridized carbons (Fsp3) is 0.917. The van der Waals surface area contributed by atoms with Gasteiger partial charge in [-0.25, -0.2) is 0 Å². The number of aliphatic imine (C=N–C) groups is 1. The number of nitrogens with one attached hydrogen (secondary N) is 2. The van der Waals surface area contributed by atoms with Gasteiger partial charge >= 0.3 is 0 Å². The molecule has 0 amide bonds. The quantitative estimate of drug-likeness (QED) is 0.408. The molecule has 0 atom stereocenters. The van der Waals surface area contributed by atoms with Crippen molar-refractivity contribution < 1.29 is 0 Å². The smallest absolute Gasteiger partial charge is 0.191 e. The van der Waals surface area contributed by atoms with Crippen molar-refractivity contribution in [2.45, 2.75) is 39.2 Å². The Kier molecular flexibility index (Phi) is 6.69. The van der Waals surface area contributed by atoms with Crippen molar-refractivity contribution in [3.8, 4) is 0 Å². The summed E-state index contributed by atoms with van der Waals surface area (Å²) in [6.45, 7) is 5.57. The van der Waals surface area contributed by atoms with Gasteiger partial charge in [-0.2, -0.15) is 11.8 Å². The lowest BCUT2D eigenvalue weighted by Gasteiger charge is -2.11. The third-order valence-corrected chi connectivity index (χ3v) is 3.83. The van der Waals surface area contributed by atoms with Gasteiger partial charge in [0.1, 0.15) is 0 Å². The maximum absolute atomic E-state index is 4.20. The highest BCUT2D eigenvalue weighted by molar-refractivity contribution is 7.99. The van der Waals surface area contributed by atoms with Gasteiger partial charge in [-0.1, -0.05) is 13.8 Å². The van der Waals surface area contributed by atoms with Crippen LogP contribution in [0.15, 0.2) is 4.99 Å². The molecule has 0 aromatic rings. The predicted octanol–water partition coefficient (Wildman–Crippen LogP) is 2.09. The molecule has 1 aliphatic carbocycles. The summed E-state index contributed by atoms with van der Waals surface area (Å²) in [7, 11) is 1.84. The number of thioether (sulfide) groups is 1. The lowest BCUT2D eigenvalue weighted by molar-refractivity contribution is 0.747. The first-order chi connectivity index (χ1) is 7.72. The van der Waals surface area contributed by atoms with Gasteiger partial charge in [0.25, 0.3) is 0 Å². The molecule has 0 unspecified atom stereocenters. The summed E-state index contributed by atoms with van der Waals surface area (Å²) in [4.78, 5) is 4.20. The van der Waals surface area contributed by atoms with E-state index in [2.05, 4.69) is 29.5 Å². The summed E-state index contributed by atoms with van der Waals surface area (Å²) in [6, 6.07) is 0.682. The normalized spacial score (nSPS) is 16.6. The number of rotatable bonds is 7. The molecule has 1 fully saturated rings. The molecule has 16 heavy (non-hydrogen) atoms. The van der Waals surface area contributed by atoms with Crippen molar-refractivity contribution >= 4 is 17.7 Å². The van der Waals surface area contributed by atoms with Crippen LogP contribution >= 0.6 is 11.8 Å². The third-order valence-electron chi connectivity index (χ3n) is 2.35. The largest absolute Gasteiger partial charge is 0.356 e. The molecule has 1 rings (SSSR count). The zero-order chi connectivity index (χ0) is 11.8.